The number of benzene rings is 1. The average Bonchev–Trinajstić information content (AvgIpc) is 2.66. The second-order valence-corrected chi connectivity index (χ2v) is 7.38. The van der Waals surface area contributed by atoms with E-state index in [0.717, 1.165) is 42.5 Å². The molecule has 2 aromatic rings. The van der Waals surface area contributed by atoms with Gasteiger partial charge in [-0.3, -0.25) is 9.59 Å². The lowest BCUT2D eigenvalue weighted by Crippen LogP contribution is -2.35. The molecule has 0 aliphatic heterocycles. The molecule has 1 amide bonds. The van der Waals surface area contributed by atoms with Gasteiger partial charge in [-0.25, -0.2) is 0 Å². The zero-order chi connectivity index (χ0) is 19.6. The van der Waals surface area contributed by atoms with Crippen molar-refractivity contribution in [2.24, 2.45) is 7.05 Å². The first kappa shape index (κ1) is 19.5. The maximum Gasteiger partial charge on any atom is 0.263 e. The van der Waals surface area contributed by atoms with Gasteiger partial charge in [0.1, 0.15) is 11.3 Å². The number of carbonyl (C=O) groups excluding carboxylic acids is 1. The molecular weight excluding hydrogens is 364 g/mol. The fraction of sp³-hybridized carbons (Fsp3) is 0.429. The number of fused-ring (bicyclic) bond motifs is 1. The van der Waals surface area contributed by atoms with E-state index in [-0.39, 0.29) is 17.0 Å². The van der Waals surface area contributed by atoms with E-state index in [2.05, 4.69) is 0 Å². The third-order valence-electron chi connectivity index (χ3n) is 5.05. The molecule has 144 valence electrons. The normalized spacial score (nSPS) is 13.2. The van der Waals surface area contributed by atoms with E-state index in [1.165, 1.54) is 0 Å². The molecule has 0 atom stereocenters. The van der Waals surface area contributed by atoms with Gasteiger partial charge in [-0.2, -0.15) is 0 Å². The van der Waals surface area contributed by atoms with E-state index in [9.17, 15) is 9.59 Å². The first-order valence-electron chi connectivity index (χ1n) is 9.30. The lowest BCUT2D eigenvalue weighted by atomic mass is 9.94. The summed E-state index contributed by atoms with van der Waals surface area (Å²) in [4.78, 5) is 27.3. The Bertz CT molecular complexity index is 920. The van der Waals surface area contributed by atoms with Crippen LogP contribution in [0.15, 0.2) is 29.1 Å². The van der Waals surface area contributed by atoms with Gasteiger partial charge >= 0.3 is 0 Å². The van der Waals surface area contributed by atoms with Crippen LogP contribution < -0.4 is 10.3 Å². The standard InChI is InChI=1S/C21H25ClN2O3/c1-4-27-19-10-9-16(22)11-15(19)13-23(2)20(25)17-12-14-7-5-6-8-18(14)24(3)21(17)26/h9-12H,4-8,13H2,1-3H3. The Morgan fingerprint density at radius 2 is 2.00 bits per heavy atom. The summed E-state index contributed by atoms with van der Waals surface area (Å²) >= 11 is 6.11. The minimum atomic E-state index is -0.286. The first-order chi connectivity index (χ1) is 12.9. The maximum absolute atomic E-state index is 13.0. The molecule has 1 aromatic carbocycles. The number of pyridine rings is 1. The monoisotopic (exact) mass is 388 g/mol. The lowest BCUT2D eigenvalue weighted by molar-refractivity contribution is 0.0781. The SMILES string of the molecule is CCOc1ccc(Cl)cc1CN(C)C(=O)c1cc2c(n(C)c1=O)CCCC2. The molecule has 1 aliphatic carbocycles. The maximum atomic E-state index is 13.0. The molecule has 3 rings (SSSR count). The second kappa shape index (κ2) is 8.17. The zero-order valence-electron chi connectivity index (χ0n) is 16.0. The minimum Gasteiger partial charge on any atom is -0.494 e. The molecule has 0 spiro atoms. The van der Waals surface area contributed by atoms with E-state index < -0.39 is 0 Å². The summed E-state index contributed by atoms with van der Waals surface area (Å²) in [5.74, 6) is 0.409. The van der Waals surface area contributed by atoms with Crippen LogP contribution in [0.4, 0.5) is 0 Å². The number of carbonyl (C=O) groups is 1. The molecular formula is C21H25ClN2O3. The number of halogens is 1. The van der Waals surface area contributed by atoms with Crippen molar-refractivity contribution in [3.63, 3.8) is 0 Å². The predicted octanol–water partition coefficient (Wildman–Crippen LogP) is 3.59. The summed E-state index contributed by atoms with van der Waals surface area (Å²) in [5, 5.41) is 0.582. The Kier molecular flexibility index (Phi) is 5.90. The molecule has 0 saturated heterocycles. The van der Waals surface area contributed by atoms with E-state index in [4.69, 9.17) is 16.3 Å². The molecule has 1 aliphatic rings. The molecule has 1 heterocycles. The summed E-state index contributed by atoms with van der Waals surface area (Å²) < 4.78 is 7.27. The number of ether oxygens (including phenoxy) is 1. The molecule has 1 aromatic heterocycles. The molecule has 5 nitrogen and oxygen atoms in total. The molecule has 0 bridgehead atoms. The van der Waals surface area contributed by atoms with E-state index in [1.807, 2.05) is 6.92 Å². The van der Waals surface area contributed by atoms with Crippen molar-refractivity contribution in [3.05, 3.63) is 62.0 Å². The van der Waals surface area contributed by atoms with Crippen molar-refractivity contribution >= 4 is 17.5 Å². The van der Waals surface area contributed by atoms with Crippen molar-refractivity contribution in [2.75, 3.05) is 13.7 Å². The van der Waals surface area contributed by atoms with Crippen LogP contribution in [0.2, 0.25) is 5.02 Å². The quantitative estimate of drug-likeness (QED) is 0.786. The highest BCUT2D eigenvalue weighted by molar-refractivity contribution is 6.30. The fourth-order valence-electron chi connectivity index (χ4n) is 3.64. The Labute approximate surface area is 164 Å². The largest absolute Gasteiger partial charge is 0.494 e. The highest BCUT2D eigenvalue weighted by Crippen LogP contribution is 2.25. The van der Waals surface area contributed by atoms with Crippen LogP contribution in [0.3, 0.4) is 0 Å². The number of aromatic nitrogens is 1. The zero-order valence-corrected chi connectivity index (χ0v) is 16.8. The summed E-state index contributed by atoms with van der Waals surface area (Å²) in [6.07, 6.45) is 3.99. The molecule has 0 fully saturated rings. The lowest BCUT2D eigenvalue weighted by Gasteiger charge is -2.23. The van der Waals surface area contributed by atoms with Gasteiger partial charge in [0.25, 0.3) is 11.5 Å². The van der Waals surface area contributed by atoms with Crippen LogP contribution in [-0.4, -0.2) is 29.0 Å². The van der Waals surface area contributed by atoms with Gasteiger partial charge in [0, 0.05) is 36.9 Å². The molecule has 27 heavy (non-hydrogen) atoms. The van der Waals surface area contributed by atoms with Crippen molar-refractivity contribution in [1.29, 1.82) is 0 Å². The Balaban J connectivity index is 1.90. The van der Waals surface area contributed by atoms with Crippen molar-refractivity contribution < 1.29 is 9.53 Å². The van der Waals surface area contributed by atoms with Gasteiger partial charge < -0.3 is 14.2 Å². The number of hydrogen-bond acceptors (Lipinski definition) is 3. The third kappa shape index (κ3) is 4.03. The number of aryl methyl sites for hydroxylation is 1. The Morgan fingerprint density at radius 1 is 1.26 bits per heavy atom. The van der Waals surface area contributed by atoms with Crippen molar-refractivity contribution in [3.8, 4) is 5.75 Å². The number of rotatable bonds is 5. The van der Waals surface area contributed by atoms with Crippen LogP contribution in [0.5, 0.6) is 5.75 Å². The van der Waals surface area contributed by atoms with Crippen LogP contribution in [0.25, 0.3) is 0 Å². The van der Waals surface area contributed by atoms with Gasteiger partial charge in [-0.05, 0) is 62.4 Å². The number of hydrogen-bond donors (Lipinski definition) is 0. The van der Waals surface area contributed by atoms with E-state index in [1.54, 1.807) is 47.8 Å². The van der Waals surface area contributed by atoms with E-state index in [0.29, 0.717) is 23.9 Å². The Morgan fingerprint density at radius 3 is 2.74 bits per heavy atom. The number of nitrogens with zero attached hydrogens (tertiary/aromatic N) is 2. The van der Waals surface area contributed by atoms with Crippen LogP contribution >= 0.6 is 11.6 Å². The summed E-state index contributed by atoms with van der Waals surface area (Å²) in [6, 6.07) is 7.15. The highest BCUT2D eigenvalue weighted by Gasteiger charge is 2.22. The summed E-state index contributed by atoms with van der Waals surface area (Å²) in [6.45, 7) is 2.75. The topological polar surface area (TPSA) is 51.5 Å². The first-order valence-corrected chi connectivity index (χ1v) is 9.68. The van der Waals surface area contributed by atoms with Crippen LogP contribution in [0, 0.1) is 0 Å². The van der Waals surface area contributed by atoms with Gasteiger partial charge in [-0.15, -0.1) is 0 Å². The molecule has 0 saturated carbocycles. The van der Waals surface area contributed by atoms with Gasteiger partial charge in [-0.1, -0.05) is 11.6 Å². The predicted molar refractivity (Wildman–Crippen MR) is 107 cm³/mol. The minimum absolute atomic E-state index is 0.223. The fourth-order valence-corrected chi connectivity index (χ4v) is 3.84. The smallest absolute Gasteiger partial charge is 0.263 e. The van der Waals surface area contributed by atoms with E-state index >= 15 is 0 Å². The van der Waals surface area contributed by atoms with Crippen LogP contribution in [-0.2, 0) is 26.4 Å². The van der Waals surface area contributed by atoms with Gasteiger partial charge in [0.2, 0.25) is 0 Å². The highest BCUT2D eigenvalue weighted by atomic mass is 35.5. The molecule has 0 unspecified atom stereocenters. The summed E-state index contributed by atoms with van der Waals surface area (Å²) in [5.41, 5.74) is 2.97. The molecule has 0 N–H and O–H groups in total. The molecule has 6 heteroatoms. The van der Waals surface area contributed by atoms with Gasteiger partial charge in [0.15, 0.2) is 0 Å². The number of amides is 1. The summed E-state index contributed by atoms with van der Waals surface area (Å²) in [7, 11) is 3.45. The van der Waals surface area contributed by atoms with Crippen molar-refractivity contribution in [1.82, 2.24) is 9.47 Å². The molecule has 0 radical (unpaired) electrons. The average molecular weight is 389 g/mol. The Hall–Kier alpha value is -2.27. The van der Waals surface area contributed by atoms with Crippen molar-refractivity contribution in [2.45, 2.75) is 39.2 Å². The second-order valence-electron chi connectivity index (χ2n) is 6.95. The third-order valence-corrected chi connectivity index (χ3v) is 5.28. The van der Waals surface area contributed by atoms with Gasteiger partial charge in [0.05, 0.1) is 6.61 Å². The van der Waals surface area contributed by atoms with Crippen LogP contribution in [0.1, 0.15) is 46.9 Å².